The summed E-state index contributed by atoms with van der Waals surface area (Å²) in [6.45, 7) is 5.22. The molecule has 1 aliphatic carbocycles. The lowest BCUT2D eigenvalue weighted by Gasteiger charge is -2.27. The number of hydrogen-bond acceptors (Lipinski definition) is 4. The van der Waals surface area contributed by atoms with Crippen molar-refractivity contribution >= 4 is 10.0 Å². The Bertz CT molecular complexity index is 582. The van der Waals surface area contributed by atoms with E-state index in [1.807, 2.05) is 11.5 Å². The molecule has 0 spiro atoms. The Morgan fingerprint density at radius 3 is 2.81 bits per heavy atom. The molecule has 2 rings (SSSR count). The molecule has 0 radical (unpaired) electrons. The first-order chi connectivity index (χ1) is 9.91. The van der Waals surface area contributed by atoms with Crippen LogP contribution < -0.4 is 5.73 Å². The minimum atomic E-state index is -3.54. The maximum absolute atomic E-state index is 12.8. The maximum Gasteiger partial charge on any atom is 0.262 e. The monoisotopic (exact) mass is 314 g/mol. The SMILES string of the molecule is CCCn1cc(S(=O)(=O)N(C)C2CCCC2CN)nc1C. The standard InChI is InChI=1S/C14H26N4O2S/c1-4-8-18-10-14(16-11(18)2)21(19,20)17(3)13-7-5-6-12(13)9-15/h10,12-13H,4-9,15H2,1-3H3. The zero-order valence-electron chi connectivity index (χ0n) is 13.1. The number of nitrogens with two attached hydrogens (primary N) is 1. The van der Waals surface area contributed by atoms with E-state index < -0.39 is 10.0 Å². The van der Waals surface area contributed by atoms with Gasteiger partial charge in [0.15, 0.2) is 5.03 Å². The first-order valence-electron chi connectivity index (χ1n) is 7.63. The van der Waals surface area contributed by atoms with Gasteiger partial charge < -0.3 is 10.3 Å². The molecule has 21 heavy (non-hydrogen) atoms. The summed E-state index contributed by atoms with van der Waals surface area (Å²) in [5.41, 5.74) is 5.77. The molecule has 0 aromatic carbocycles. The highest BCUT2D eigenvalue weighted by Gasteiger charge is 2.37. The highest BCUT2D eigenvalue weighted by atomic mass is 32.2. The molecule has 2 N–H and O–H groups in total. The zero-order valence-corrected chi connectivity index (χ0v) is 13.9. The summed E-state index contributed by atoms with van der Waals surface area (Å²) >= 11 is 0. The number of aryl methyl sites for hydroxylation is 2. The van der Waals surface area contributed by atoms with Crippen molar-refractivity contribution in [1.29, 1.82) is 0 Å². The summed E-state index contributed by atoms with van der Waals surface area (Å²) < 4.78 is 28.9. The largest absolute Gasteiger partial charge is 0.334 e. The van der Waals surface area contributed by atoms with Gasteiger partial charge in [-0.25, -0.2) is 13.4 Å². The number of rotatable bonds is 6. The van der Waals surface area contributed by atoms with Gasteiger partial charge in [0.25, 0.3) is 10.0 Å². The molecule has 1 saturated carbocycles. The Balaban J connectivity index is 2.26. The molecule has 1 heterocycles. The van der Waals surface area contributed by atoms with Gasteiger partial charge in [-0.2, -0.15) is 4.31 Å². The van der Waals surface area contributed by atoms with Crippen molar-refractivity contribution in [1.82, 2.24) is 13.9 Å². The molecule has 2 atom stereocenters. The van der Waals surface area contributed by atoms with Gasteiger partial charge in [-0.1, -0.05) is 13.3 Å². The van der Waals surface area contributed by atoms with Crippen molar-refractivity contribution in [2.24, 2.45) is 11.7 Å². The van der Waals surface area contributed by atoms with E-state index in [1.54, 1.807) is 13.2 Å². The molecular formula is C14H26N4O2S. The highest BCUT2D eigenvalue weighted by molar-refractivity contribution is 7.89. The van der Waals surface area contributed by atoms with Gasteiger partial charge in [-0.15, -0.1) is 0 Å². The highest BCUT2D eigenvalue weighted by Crippen LogP contribution is 2.31. The van der Waals surface area contributed by atoms with Crippen LogP contribution in [0.1, 0.15) is 38.4 Å². The average molecular weight is 314 g/mol. The van der Waals surface area contributed by atoms with Gasteiger partial charge in [0, 0.05) is 25.8 Å². The predicted octanol–water partition coefficient (Wildman–Crippen LogP) is 1.35. The second-order valence-corrected chi connectivity index (χ2v) is 7.78. The van der Waals surface area contributed by atoms with Crippen LogP contribution in [0.3, 0.4) is 0 Å². The van der Waals surface area contributed by atoms with Crippen molar-refractivity contribution in [3.05, 3.63) is 12.0 Å². The van der Waals surface area contributed by atoms with Crippen molar-refractivity contribution < 1.29 is 8.42 Å². The summed E-state index contributed by atoms with van der Waals surface area (Å²) in [6.07, 6.45) is 5.52. The second kappa shape index (κ2) is 6.46. The van der Waals surface area contributed by atoms with E-state index in [0.717, 1.165) is 38.1 Å². The first-order valence-corrected chi connectivity index (χ1v) is 9.07. The lowest BCUT2D eigenvalue weighted by molar-refractivity contribution is 0.303. The third kappa shape index (κ3) is 3.14. The maximum atomic E-state index is 12.8. The number of aromatic nitrogens is 2. The summed E-state index contributed by atoms with van der Waals surface area (Å²) in [6, 6.07) is -0.00312. The summed E-state index contributed by atoms with van der Waals surface area (Å²) in [5, 5.41) is 0.152. The predicted molar refractivity (Wildman–Crippen MR) is 82.4 cm³/mol. The molecule has 1 aliphatic rings. The van der Waals surface area contributed by atoms with E-state index in [9.17, 15) is 8.42 Å². The summed E-state index contributed by atoms with van der Waals surface area (Å²) in [4.78, 5) is 4.25. The Morgan fingerprint density at radius 2 is 2.19 bits per heavy atom. The van der Waals surface area contributed by atoms with Gasteiger partial charge in [-0.05, 0) is 38.6 Å². The van der Waals surface area contributed by atoms with Gasteiger partial charge in [-0.3, -0.25) is 0 Å². The topological polar surface area (TPSA) is 81.2 Å². The van der Waals surface area contributed by atoms with Crippen LogP contribution in [0, 0.1) is 12.8 Å². The molecule has 1 aromatic rings. The second-order valence-electron chi connectivity index (χ2n) is 5.84. The molecule has 7 heteroatoms. The van der Waals surface area contributed by atoms with Crippen molar-refractivity contribution in [3.63, 3.8) is 0 Å². The number of nitrogens with zero attached hydrogens (tertiary/aromatic N) is 3. The summed E-state index contributed by atoms with van der Waals surface area (Å²) in [7, 11) is -1.88. The van der Waals surface area contributed by atoms with Crippen LogP contribution in [-0.4, -0.2) is 41.9 Å². The van der Waals surface area contributed by atoms with E-state index in [2.05, 4.69) is 11.9 Å². The molecule has 120 valence electrons. The van der Waals surface area contributed by atoms with Crippen molar-refractivity contribution in [2.45, 2.75) is 57.1 Å². The summed E-state index contributed by atoms with van der Waals surface area (Å²) in [5.74, 6) is 0.995. The first kappa shape index (κ1) is 16.5. The van der Waals surface area contributed by atoms with Crippen LogP contribution >= 0.6 is 0 Å². The van der Waals surface area contributed by atoms with Gasteiger partial charge in [0.05, 0.1) is 0 Å². The Kier molecular flexibility index (Phi) is 5.06. The normalized spacial score (nSPS) is 23.1. The Morgan fingerprint density at radius 1 is 1.48 bits per heavy atom. The third-order valence-electron chi connectivity index (χ3n) is 4.45. The Hall–Kier alpha value is -0.920. The van der Waals surface area contributed by atoms with Crippen LogP contribution in [0.5, 0.6) is 0 Å². The van der Waals surface area contributed by atoms with Gasteiger partial charge >= 0.3 is 0 Å². The molecule has 2 unspecified atom stereocenters. The van der Waals surface area contributed by atoms with Crippen molar-refractivity contribution in [3.8, 4) is 0 Å². The molecule has 1 fully saturated rings. The smallest absolute Gasteiger partial charge is 0.262 e. The van der Waals surface area contributed by atoms with Crippen molar-refractivity contribution in [2.75, 3.05) is 13.6 Å². The number of imidazole rings is 1. The molecule has 0 amide bonds. The fraction of sp³-hybridized carbons (Fsp3) is 0.786. The van der Waals surface area contributed by atoms with Gasteiger partial charge in [0.1, 0.15) is 5.82 Å². The van der Waals surface area contributed by atoms with Crippen LogP contribution in [0.4, 0.5) is 0 Å². The minimum Gasteiger partial charge on any atom is -0.334 e. The number of hydrogen-bond donors (Lipinski definition) is 1. The zero-order chi connectivity index (χ0) is 15.6. The fourth-order valence-corrected chi connectivity index (χ4v) is 4.60. The fourth-order valence-electron chi connectivity index (χ4n) is 3.17. The van der Waals surface area contributed by atoms with E-state index in [0.29, 0.717) is 6.54 Å². The lowest BCUT2D eigenvalue weighted by Crippen LogP contribution is -2.41. The molecule has 0 saturated heterocycles. The average Bonchev–Trinajstić information content (AvgIpc) is 3.05. The molecule has 0 aliphatic heterocycles. The van der Waals surface area contributed by atoms with Crippen LogP contribution in [0.2, 0.25) is 0 Å². The lowest BCUT2D eigenvalue weighted by atomic mass is 10.0. The number of sulfonamides is 1. The van der Waals surface area contributed by atoms with E-state index >= 15 is 0 Å². The van der Waals surface area contributed by atoms with Crippen LogP contribution in [0.25, 0.3) is 0 Å². The van der Waals surface area contributed by atoms with Gasteiger partial charge in [0.2, 0.25) is 0 Å². The van der Waals surface area contributed by atoms with Crippen LogP contribution in [-0.2, 0) is 16.6 Å². The minimum absolute atomic E-state index is 0.00312. The Labute approximate surface area is 127 Å². The molecular weight excluding hydrogens is 288 g/mol. The van der Waals surface area contributed by atoms with E-state index in [4.69, 9.17) is 5.73 Å². The molecule has 1 aromatic heterocycles. The van der Waals surface area contributed by atoms with Crippen LogP contribution in [0.15, 0.2) is 11.2 Å². The quantitative estimate of drug-likeness (QED) is 0.859. The van der Waals surface area contributed by atoms with E-state index in [1.165, 1.54) is 4.31 Å². The molecule has 0 bridgehead atoms. The van der Waals surface area contributed by atoms with E-state index in [-0.39, 0.29) is 17.0 Å². The third-order valence-corrected chi connectivity index (χ3v) is 6.20. The molecule has 6 nitrogen and oxygen atoms in total.